The fraction of sp³-hybridized carbons (Fsp3) is 0.400. The molecule has 1 saturated heterocycles. The monoisotopic (exact) mass is 323 g/mol. The third-order valence-electron chi connectivity index (χ3n) is 5.48. The summed E-state index contributed by atoms with van der Waals surface area (Å²) in [5.41, 5.74) is 0.0505. The van der Waals surface area contributed by atoms with Crippen LogP contribution in [0.2, 0.25) is 0 Å². The smallest absolute Gasteiger partial charge is 0.322 e. The first-order valence-corrected chi connectivity index (χ1v) is 8.54. The van der Waals surface area contributed by atoms with E-state index in [1.807, 2.05) is 29.2 Å². The van der Waals surface area contributed by atoms with Crippen molar-refractivity contribution in [2.75, 3.05) is 20.2 Å². The second kappa shape index (κ2) is 5.62. The number of hydrogen-bond acceptors (Lipinski definition) is 3. The average Bonchev–Trinajstić information content (AvgIpc) is 3.14. The molecule has 4 heteroatoms. The number of carbonyl (C=O) groups excluding carboxylic acids is 2. The highest BCUT2D eigenvalue weighted by Crippen LogP contribution is 2.62. The summed E-state index contributed by atoms with van der Waals surface area (Å²) in [6.07, 6.45) is 2.58. The van der Waals surface area contributed by atoms with Crippen LogP contribution in [-0.2, 0) is 14.3 Å². The van der Waals surface area contributed by atoms with Gasteiger partial charge in [0.15, 0.2) is 5.41 Å². The van der Waals surface area contributed by atoms with Gasteiger partial charge in [-0.15, -0.1) is 0 Å². The molecule has 1 saturated carbocycles. The maximum atomic E-state index is 13.1. The van der Waals surface area contributed by atoms with Gasteiger partial charge in [0.1, 0.15) is 0 Å². The minimum Gasteiger partial charge on any atom is -0.468 e. The molecule has 1 aliphatic carbocycles. The Hall–Kier alpha value is -2.36. The lowest BCUT2D eigenvalue weighted by atomic mass is 9.93. The van der Waals surface area contributed by atoms with E-state index in [0.29, 0.717) is 6.42 Å². The van der Waals surface area contributed by atoms with Crippen molar-refractivity contribution in [2.24, 2.45) is 5.41 Å². The Labute approximate surface area is 141 Å². The SMILES string of the molecule is COC(=O)[C@]1(C(=O)N2CCCC2)C[C@@H]1c1cccc2ccccc12. The number of benzene rings is 2. The maximum absolute atomic E-state index is 13.1. The molecular weight excluding hydrogens is 302 g/mol. The topological polar surface area (TPSA) is 46.6 Å². The number of rotatable bonds is 3. The predicted molar refractivity (Wildman–Crippen MR) is 91.6 cm³/mol. The number of nitrogens with zero attached hydrogens (tertiary/aromatic N) is 1. The third kappa shape index (κ3) is 2.13. The van der Waals surface area contributed by atoms with E-state index in [-0.39, 0.29) is 11.8 Å². The van der Waals surface area contributed by atoms with Gasteiger partial charge in [-0.1, -0.05) is 42.5 Å². The van der Waals surface area contributed by atoms with Crippen LogP contribution >= 0.6 is 0 Å². The van der Waals surface area contributed by atoms with Crippen LogP contribution in [0.1, 0.15) is 30.7 Å². The molecule has 2 aliphatic rings. The molecule has 0 aromatic heterocycles. The maximum Gasteiger partial charge on any atom is 0.322 e. The highest BCUT2D eigenvalue weighted by molar-refractivity contribution is 6.08. The van der Waals surface area contributed by atoms with Gasteiger partial charge in [-0.3, -0.25) is 9.59 Å². The van der Waals surface area contributed by atoms with Gasteiger partial charge >= 0.3 is 5.97 Å². The molecule has 1 aliphatic heterocycles. The van der Waals surface area contributed by atoms with E-state index in [4.69, 9.17) is 4.74 Å². The lowest BCUT2D eigenvalue weighted by molar-refractivity contribution is -0.155. The second-order valence-electron chi connectivity index (χ2n) is 6.79. The molecule has 4 rings (SSSR count). The Morgan fingerprint density at radius 1 is 1.08 bits per heavy atom. The number of likely N-dealkylation sites (tertiary alicyclic amines) is 1. The fourth-order valence-electron chi connectivity index (χ4n) is 4.13. The molecule has 24 heavy (non-hydrogen) atoms. The fourth-order valence-corrected chi connectivity index (χ4v) is 4.13. The van der Waals surface area contributed by atoms with Crippen LogP contribution < -0.4 is 0 Å². The Kier molecular flexibility index (Phi) is 3.56. The van der Waals surface area contributed by atoms with E-state index in [2.05, 4.69) is 18.2 Å². The molecule has 4 nitrogen and oxygen atoms in total. The summed E-state index contributed by atoms with van der Waals surface area (Å²) in [6, 6.07) is 14.2. The van der Waals surface area contributed by atoms with Gasteiger partial charge < -0.3 is 9.64 Å². The molecule has 2 aromatic rings. The molecule has 2 atom stereocenters. The molecule has 0 bridgehead atoms. The van der Waals surface area contributed by atoms with Gasteiger partial charge in [0, 0.05) is 19.0 Å². The van der Waals surface area contributed by atoms with Gasteiger partial charge in [-0.05, 0) is 35.6 Å². The number of methoxy groups -OCH3 is 1. The summed E-state index contributed by atoms with van der Waals surface area (Å²) < 4.78 is 5.04. The number of amides is 1. The van der Waals surface area contributed by atoms with E-state index in [1.165, 1.54) is 7.11 Å². The number of esters is 1. The lowest BCUT2D eigenvalue weighted by Crippen LogP contribution is -2.40. The normalized spacial score (nSPS) is 25.7. The summed E-state index contributed by atoms with van der Waals surface area (Å²) >= 11 is 0. The van der Waals surface area contributed by atoms with E-state index >= 15 is 0 Å². The highest BCUT2D eigenvalue weighted by atomic mass is 16.5. The van der Waals surface area contributed by atoms with Crippen LogP contribution in [-0.4, -0.2) is 37.0 Å². The van der Waals surface area contributed by atoms with Crippen LogP contribution in [0.5, 0.6) is 0 Å². The number of hydrogen-bond donors (Lipinski definition) is 0. The summed E-state index contributed by atoms with van der Waals surface area (Å²) in [4.78, 5) is 27.5. The molecule has 1 heterocycles. The largest absolute Gasteiger partial charge is 0.468 e. The van der Waals surface area contributed by atoms with Crippen LogP contribution in [0, 0.1) is 5.41 Å². The van der Waals surface area contributed by atoms with Crippen molar-refractivity contribution in [1.29, 1.82) is 0 Å². The van der Waals surface area contributed by atoms with Crippen molar-refractivity contribution >= 4 is 22.6 Å². The first-order valence-electron chi connectivity index (χ1n) is 8.54. The predicted octanol–water partition coefficient (Wildman–Crippen LogP) is 3.11. The number of ether oxygens (including phenoxy) is 1. The van der Waals surface area contributed by atoms with Crippen LogP contribution in [0.4, 0.5) is 0 Å². The summed E-state index contributed by atoms with van der Waals surface area (Å²) in [5.74, 6) is -0.536. The Bertz CT molecular complexity index is 804. The van der Waals surface area contributed by atoms with E-state index in [0.717, 1.165) is 42.3 Å². The van der Waals surface area contributed by atoms with Crippen molar-refractivity contribution in [3.8, 4) is 0 Å². The molecule has 0 N–H and O–H groups in total. The van der Waals surface area contributed by atoms with Crippen LogP contribution in [0.3, 0.4) is 0 Å². The molecule has 0 spiro atoms. The van der Waals surface area contributed by atoms with Gasteiger partial charge in [-0.2, -0.15) is 0 Å². The number of fused-ring (bicyclic) bond motifs is 1. The van der Waals surface area contributed by atoms with Crippen molar-refractivity contribution in [2.45, 2.75) is 25.2 Å². The van der Waals surface area contributed by atoms with Crippen LogP contribution in [0.15, 0.2) is 42.5 Å². The van der Waals surface area contributed by atoms with E-state index in [1.54, 1.807) is 0 Å². The van der Waals surface area contributed by atoms with E-state index in [9.17, 15) is 9.59 Å². The third-order valence-corrected chi connectivity index (χ3v) is 5.48. The Morgan fingerprint density at radius 2 is 1.79 bits per heavy atom. The van der Waals surface area contributed by atoms with Crippen LogP contribution in [0.25, 0.3) is 10.8 Å². The zero-order valence-electron chi connectivity index (χ0n) is 13.8. The molecule has 0 unspecified atom stereocenters. The molecule has 1 amide bonds. The molecule has 2 fully saturated rings. The second-order valence-corrected chi connectivity index (χ2v) is 6.79. The van der Waals surface area contributed by atoms with E-state index < -0.39 is 11.4 Å². The summed E-state index contributed by atoms with van der Waals surface area (Å²) in [5, 5.41) is 2.25. The lowest BCUT2D eigenvalue weighted by Gasteiger charge is -2.22. The molecule has 2 aromatic carbocycles. The average molecular weight is 323 g/mol. The molecule has 124 valence electrons. The molecular formula is C20H21NO3. The van der Waals surface area contributed by atoms with Gasteiger partial charge in [0.05, 0.1) is 7.11 Å². The van der Waals surface area contributed by atoms with Crippen molar-refractivity contribution in [1.82, 2.24) is 4.90 Å². The minimum absolute atomic E-state index is 0.0511. The Morgan fingerprint density at radius 3 is 2.54 bits per heavy atom. The minimum atomic E-state index is -1.02. The van der Waals surface area contributed by atoms with Crippen molar-refractivity contribution < 1.29 is 14.3 Å². The summed E-state index contributed by atoms with van der Waals surface area (Å²) in [7, 11) is 1.37. The first-order chi connectivity index (χ1) is 11.7. The van der Waals surface area contributed by atoms with Gasteiger partial charge in [0.2, 0.25) is 5.91 Å². The number of carbonyl (C=O) groups is 2. The summed E-state index contributed by atoms with van der Waals surface area (Å²) in [6.45, 7) is 1.50. The zero-order valence-corrected chi connectivity index (χ0v) is 13.8. The highest BCUT2D eigenvalue weighted by Gasteiger charge is 2.68. The standard InChI is InChI=1S/C20H21NO3/c1-24-19(23)20(18(22)21-11-4-5-12-21)13-17(20)16-10-6-8-14-7-2-3-9-15(14)16/h2-3,6-10,17H,4-5,11-13H2,1H3/t17-,20-/m1/s1. The quantitative estimate of drug-likeness (QED) is 0.644. The zero-order chi connectivity index (χ0) is 16.7. The van der Waals surface area contributed by atoms with Gasteiger partial charge in [-0.25, -0.2) is 0 Å². The van der Waals surface area contributed by atoms with Crippen molar-refractivity contribution in [3.63, 3.8) is 0 Å². The molecule has 0 radical (unpaired) electrons. The Balaban J connectivity index is 1.75. The van der Waals surface area contributed by atoms with Crippen molar-refractivity contribution in [3.05, 3.63) is 48.0 Å². The first kappa shape index (κ1) is 15.2. The van der Waals surface area contributed by atoms with Gasteiger partial charge in [0.25, 0.3) is 0 Å².